The molecule has 3 heterocycles. The zero-order valence-corrected chi connectivity index (χ0v) is 15.6. The van der Waals surface area contributed by atoms with Gasteiger partial charge in [-0.2, -0.15) is 0 Å². The first kappa shape index (κ1) is 17.9. The minimum absolute atomic E-state index is 0.0131. The molecule has 1 aliphatic carbocycles. The molecule has 7 nitrogen and oxygen atoms in total. The Balaban J connectivity index is 1.44. The van der Waals surface area contributed by atoms with E-state index in [1.165, 1.54) is 0 Å². The summed E-state index contributed by atoms with van der Waals surface area (Å²) in [6.07, 6.45) is 8.19. The van der Waals surface area contributed by atoms with Crippen molar-refractivity contribution < 1.29 is 14.0 Å². The van der Waals surface area contributed by atoms with Crippen molar-refractivity contribution in [3.8, 4) is 0 Å². The van der Waals surface area contributed by atoms with Crippen LogP contribution in [0.15, 0.2) is 41.3 Å². The minimum Gasteiger partial charge on any atom is -0.472 e. The van der Waals surface area contributed by atoms with Crippen LogP contribution in [0.5, 0.6) is 0 Å². The fraction of sp³-hybridized carbons (Fsp3) is 0.500. The molecule has 2 amide bonds. The topological polar surface area (TPSA) is 79.5 Å². The number of nitrogens with one attached hydrogen (secondary N) is 2. The Labute approximate surface area is 158 Å². The van der Waals surface area contributed by atoms with Crippen LogP contribution < -0.4 is 10.6 Å². The molecular formula is C20H26N4O3. The summed E-state index contributed by atoms with van der Waals surface area (Å²) in [5, 5.41) is 6.05. The lowest BCUT2D eigenvalue weighted by atomic mass is 10.1. The average Bonchev–Trinajstić information content (AvgIpc) is 3.04. The molecule has 2 aromatic rings. The van der Waals surface area contributed by atoms with Gasteiger partial charge in [0.25, 0.3) is 5.91 Å². The molecule has 27 heavy (non-hydrogen) atoms. The summed E-state index contributed by atoms with van der Waals surface area (Å²) in [6.45, 7) is 3.78. The normalized spacial score (nSPS) is 22.7. The SMILES string of the molecule is CCNC(=O)C1CC(NC(=O)c2cccn2C2CC2)CN1Cc1ccoc1. The number of furan rings is 1. The quantitative estimate of drug-likeness (QED) is 0.780. The maximum absolute atomic E-state index is 12.8. The Kier molecular flexibility index (Phi) is 5.03. The fourth-order valence-electron chi connectivity index (χ4n) is 3.88. The fourth-order valence-corrected chi connectivity index (χ4v) is 3.88. The molecule has 4 rings (SSSR count). The lowest BCUT2D eigenvalue weighted by Gasteiger charge is -2.22. The van der Waals surface area contributed by atoms with E-state index >= 15 is 0 Å². The van der Waals surface area contributed by atoms with Gasteiger partial charge in [0.05, 0.1) is 18.6 Å². The molecule has 7 heteroatoms. The minimum atomic E-state index is -0.250. The van der Waals surface area contributed by atoms with Crippen LogP contribution in [-0.2, 0) is 11.3 Å². The molecule has 1 saturated heterocycles. The van der Waals surface area contributed by atoms with Gasteiger partial charge in [0.2, 0.25) is 5.91 Å². The largest absolute Gasteiger partial charge is 0.472 e. The summed E-state index contributed by atoms with van der Waals surface area (Å²) in [5.74, 6) is -0.0455. The Morgan fingerprint density at radius 1 is 1.30 bits per heavy atom. The van der Waals surface area contributed by atoms with E-state index in [0.29, 0.717) is 37.8 Å². The number of likely N-dealkylation sites (N-methyl/N-ethyl adjacent to an activating group) is 1. The third-order valence-electron chi connectivity index (χ3n) is 5.31. The highest BCUT2D eigenvalue weighted by molar-refractivity contribution is 5.93. The van der Waals surface area contributed by atoms with Crippen molar-refractivity contribution in [3.63, 3.8) is 0 Å². The maximum atomic E-state index is 12.8. The number of carbonyl (C=O) groups excluding carboxylic acids is 2. The van der Waals surface area contributed by atoms with Crippen LogP contribution in [0.2, 0.25) is 0 Å². The van der Waals surface area contributed by atoms with Crippen LogP contribution in [0.25, 0.3) is 0 Å². The van der Waals surface area contributed by atoms with Gasteiger partial charge < -0.3 is 19.6 Å². The summed E-state index contributed by atoms with van der Waals surface area (Å²) in [4.78, 5) is 27.4. The molecule has 0 radical (unpaired) electrons. The van der Waals surface area contributed by atoms with Crippen molar-refractivity contribution >= 4 is 11.8 Å². The Morgan fingerprint density at radius 2 is 2.15 bits per heavy atom. The van der Waals surface area contributed by atoms with Gasteiger partial charge in [-0.3, -0.25) is 14.5 Å². The van der Waals surface area contributed by atoms with E-state index in [1.54, 1.807) is 12.5 Å². The van der Waals surface area contributed by atoms with Gasteiger partial charge in [0.1, 0.15) is 5.69 Å². The van der Waals surface area contributed by atoms with Crippen molar-refractivity contribution in [2.45, 2.75) is 50.9 Å². The van der Waals surface area contributed by atoms with Crippen LogP contribution in [0.4, 0.5) is 0 Å². The summed E-state index contributed by atoms with van der Waals surface area (Å²) < 4.78 is 7.21. The predicted molar refractivity (Wildman–Crippen MR) is 100 cm³/mol. The molecule has 2 atom stereocenters. The van der Waals surface area contributed by atoms with E-state index in [-0.39, 0.29) is 23.9 Å². The number of likely N-dealkylation sites (tertiary alicyclic amines) is 1. The number of carbonyl (C=O) groups is 2. The second-order valence-electron chi connectivity index (χ2n) is 7.41. The molecule has 1 saturated carbocycles. The molecule has 2 aromatic heterocycles. The first-order valence-corrected chi connectivity index (χ1v) is 9.66. The van der Waals surface area contributed by atoms with Gasteiger partial charge in [0.15, 0.2) is 0 Å². The number of rotatable bonds is 7. The Bertz CT molecular complexity index is 794. The van der Waals surface area contributed by atoms with Crippen LogP contribution >= 0.6 is 0 Å². The molecule has 1 aliphatic heterocycles. The highest BCUT2D eigenvalue weighted by Gasteiger charge is 2.38. The van der Waals surface area contributed by atoms with E-state index in [0.717, 1.165) is 18.4 Å². The first-order chi connectivity index (χ1) is 13.2. The van der Waals surface area contributed by atoms with Crippen molar-refractivity contribution in [1.82, 2.24) is 20.1 Å². The molecule has 144 valence electrons. The van der Waals surface area contributed by atoms with Gasteiger partial charge in [-0.25, -0.2) is 0 Å². The molecule has 0 aromatic carbocycles. The first-order valence-electron chi connectivity index (χ1n) is 9.66. The van der Waals surface area contributed by atoms with E-state index in [9.17, 15) is 9.59 Å². The van der Waals surface area contributed by atoms with Crippen LogP contribution in [0.3, 0.4) is 0 Å². The molecule has 2 fully saturated rings. The van der Waals surface area contributed by atoms with Gasteiger partial charge in [0, 0.05) is 43.5 Å². The van der Waals surface area contributed by atoms with Crippen molar-refractivity contribution in [1.29, 1.82) is 0 Å². The summed E-state index contributed by atoms with van der Waals surface area (Å²) in [7, 11) is 0. The summed E-state index contributed by atoms with van der Waals surface area (Å²) >= 11 is 0. The molecule has 0 spiro atoms. The molecule has 2 N–H and O–H groups in total. The highest BCUT2D eigenvalue weighted by atomic mass is 16.3. The third-order valence-corrected chi connectivity index (χ3v) is 5.31. The molecule has 2 aliphatic rings. The number of nitrogens with zero attached hydrogens (tertiary/aromatic N) is 2. The maximum Gasteiger partial charge on any atom is 0.268 e. The lowest BCUT2D eigenvalue weighted by molar-refractivity contribution is -0.125. The number of amides is 2. The monoisotopic (exact) mass is 370 g/mol. The van der Waals surface area contributed by atoms with E-state index < -0.39 is 0 Å². The van der Waals surface area contributed by atoms with E-state index in [1.807, 2.05) is 31.3 Å². The average molecular weight is 370 g/mol. The van der Waals surface area contributed by atoms with Gasteiger partial charge in [-0.15, -0.1) is 0 Å². The Morgan fingerprint density at radius 3 is 2.85 bits per heavy atom. The van der Waals surface area contributed by atoms with Crippen molar-refractivity contribution in [3.05, 3.63) is 48.2 Å². The van der Waals surface area contributed by atoms with E-state index in [2.05, 4.69) is 20.1 Å². The second kappa shape index (κ2) is 7.60. The number of aromatic nitrogens is 1. The molecule has 2 unspecified atom stereocenters. The van der Waals surface area contributed by atoms with Gasteiger partial charge >= 0.3 is 0 Å². The van der Waals surface area contributed by atoms with Crippen LogP contribution in [0, 0.1) is 0 Å². The zero-order valence-electron chi connectivity index (χ0n) is 15.6. The summed E-state index contributed by atoms with van der Waals surface area (Å²) in [5.41, 5.74) is 1.74. The lowest BCUT2D eigenvalue weighted by Crippen LogP contribution is -2.42. The highest BCUT2D eigenvalue weighted by Crippen LogP contribution is 2.36. The smallest absolute Gasteiger partial charge is 0.268 e. The molecule has 0 bridgehead atoms. The van der Waals surface area contributed by atoms with Crippen molar-refractivity contribution in [2.75, 3.05) is 13.1 Å². The zero-order chi connectivity index (χ0) is 18.8. The molecular weight excluding hydrogens is 344 g/mol. The van der Waals surface area contributed by atoms with Gasteiger partial charge in [-0.05, 0) is 44.4 Å². The number of hydrogen-bond acceptors (Lipinski definition) is 4. The van der Waals surface area contributed by atoms with Crippen molar-refractivity contribution in [2.24, 2.45) is 0 Å². The summed E-state index contributed by atoms with van der Waals surface area (Å²) in [6, 6.07) is 5.85. The number of hydrogen-bond donors (Lipinski definition) is 2. The predicted octanol–water partition coefficient (Wildman–Crippen LogP) is 1.92. The second-order valence-corrected chi connectivity index (χ2v) is 7.41. The third kappa shape index (κ3) is 3.93. The Hall–Kier alpha value is -2.54. The van der Waals surface area contributed by atoms with Gasteiger partial charge in [-0.1, -0.05) is 0 Å². The standard InChI is InChI=1S/C20H26N4O3/c1-2-21-19(25)18-10-15(12-23(18)11-14-7-9-27-13-14)22-20(26)17-4-3-8-24(17)16-5-6-16/h3-4,7-9,13,15-16,18H,2,5-6,10-12H2,1H3,(H,21,25)(H,22,26). The van der Waals surface area contributed by atoms with E-state index in [4.69, 9.17) is 4.42 Å². The van der Waals surface area contributed by atoms with Crippen LogP contribution in [0.1, 0.15) is 48.3 Å². The van der Waals surface area contributed by atoms with Crippen LogP contribution in [-0.4, -0.2) is 46.5 Å².